The van der Waals surface area contributed by atoms with Crippen LogP contribution in [0, 0.1) is 10.1 Å². The first-order chi connectivity index (χ1) is 10.5. The van der Waals surface area contributed by atoms with Gasteiger partial charge in [-0.3, -0.25) is 14.9 Å². The lowest BCUT2D eigenvalue weighted by Gasteiger charge is -2.14. The van der Waals surface area contributed by atoms with Crippen LogP contribution in [0.1, 0.15) is 6.92 Å². The van der Waals surface area contributed by atoms with Crippen molar-refractivity contribution in [1.29, 1.82) is 0 Å². The predicted octanol–water partition coefficient (Wildman–Crippen LogP) is 3.65. The molecule has 1 amide bonds. The second-order valence-corrected chi connectivity index (χ2v) is 4.92. The molecule has 114 valence electrons. The Morgan fingerprint density at radius 1 is 1.27 bits per heavy atom. The number of benzene rings is 2. The number of halogens is 1. The zero-order valence-electron chi connectivity index (χ0n) is 11.7. The first-order valence-electron chi connectivity index (χ1n) is 6.44. The van der Waals surface area contributed by atoms with Crippen LogP contribution in [0.25, 0.3) is 0 Å². The van der Waals surface area contributed by atoms with Gasteiger partial charge in [0.25, 0.3) is 5.91 Å². The smallest absolute Gasteiger partial charge is 0.312 e. The number of rotatable bonds is 5. The normalized spacial score (nSPS) is 11.5. The van der Waals surface area contributed by atoms with E-state index in [-0.39, 0.29) is 16.5 Å². The van der Waals surface area contributed by atoms with Gasteiger partial charge < -0.3 is 10.1 Å². The molecule has 1 atom stereocenters. The fraction of sp³-hybridized carbons (Fsp3) is 0.133. The van der Waals surface area contributed by atoms with Crippen molar-refractivity contribution in [1.82, 2.24) is 0 Å². The van der Waals surface area contributed by atoms with Gasteiger partial charge in [0.1, 0.15) is 0 Å². The second kappa shape index (κ2) is 6.91. The van der Waals surface area contributed by atoms with Crippen LogP contribution in [0.15, 0.2) is 48.5 Å². The lowest BCUT2D eigenvalue weighted by atomic mass is 10.2. The maximum atomic E-state index is 12.0. The third-order valence-corrected chi connectivity index (χ3v) is 3.07. The Morgan fingerprint density at radius 3 is 2.59 bits per heavy atom. The third kappa shape index (κ3) is 3.95. The summed E-state index contributed by atoms with van der Waals surface area (Å²) in [5.41, 5.74) is 0.334. The SMILES string of the molecule is C[C@@H](Oc1ccc(Cl)cc1[N+](=O)[O-])C(=O)Nc1ccccc1. The topological polar surface area (TPSA) is 81.5 Å². The molecule has 2 aromatic rings. The number of carbonyl (C=O) groups excluding carboxylic acids is 1. The van der Waals surface area contributed by atoms with Crippen LogP contribution in [0.3, 0.4) is 0 Å². The van der Waals surface area contributed by atoms with Gasteiger partial charge in [-0.05, 0) is 31.2 Å². The minimum Gasteiger partial charge on any atom is -0.474 e. The fourth-order valence-electron chi connectivity index (χ4n) is 1.74. The van der Waals surface area contributed by atoms with Crippen molar-refractivity contribution in [2.45, 2.75) is 13.0 Å². The Morgan fingerprint density at radius 2 is 1.95 bits per heavy atom. The van der Waals surface area contributed by atoms with Crippen molar-refractivity contribution >= 4 is 28.9 Å². The van der Waals surface area contributed by atoms with Crippen molar-refractivity contribution in [2.24, 2.45) is 0 Å². The van der Waals surface area contributed by atoms with Crippen molar-refractivity contribution < 1.29 is 14.5 Å². The molecule has 2 aromatic carbocycles. The Labute approximate surface area is 131 Å². The van der Waals surface area contributed by atoms with Crippen LogP contribution in [-0.2, 0) is 4.79 Å². The van der Waals surface area contributed by atoms with E-state index in [1.165, 1.54) is 25.1 Å². The Bertz CT molecular complexity index is 691. The quantitative estimate of drug-likeness (QED) is 0.673. The van der Waals surface area contributed by atoms with Crippen LogP contribution in [0.2, 0.25) is 5.02 Å². The summed E-state index contributed by atoms with van der Waals surface area (Å²) in [4.78, 5) is 22.4. The molecule has 0 heterocycles. The van der Waals surface area contributed by atoms with E-state index in [0.29, 0.717) is 5.69 Å². The fourth-order valence-corrected chi connectivity index (χ4v) is 1.91. The van der Waals surface area contributed by atoms with Crippen molar-refractivity contribution in [3.8, 4) is 5.75 Å². The molecule has 6 nitrogen and oxygen atoms in total. The monoisotopic (exact) mass is 320 g/mol. The second-order valence-electron chi connectivity index (χ2n) is 4.48. The largest absolute Gasteiger partial charge is 0.474 e. The summed E-state index contributed by atoms with van der Waals surface area (Å²) in [5, 5.41) is 13.9. The molecule has 0 spiro atoms. The molecule has 7 heteroatoms. The average molecular weight is 321 g/mol. The lowest BCUT2D eigenvalue weighted by Crippen LogP contribution is -2.30. The van der Waals surface area contributed by atoms with Gasteiger partial charge in [-0.25, -0.2) is 0 Å². The predicted molar refractivity (Wildman–Crippen MR) is 83.3 cm³/mol. The van der Waals surface area contributed by atoms with Gasteiger partial charge in [0.15, 0.2) is 11.9 Å². The highest BCUT2D eigenvalue weighted by Gasteiger charge is 2.21. The van der Waals surface area contributed by atoms with E-state index in [9.17, 15) is 14.9 Å². The number of nitro groups is 1. The summed E-state index contributed by atoms with van der Waals surface area (Å²) in [6.07, 6.45) is -0.903. The molecule has 0 unspecified atom stereocenters. The van der Waals surface area contributed by atoms with E-state index in [1.54, 1.807) is 24.3 Å². The summed E-state index contributed by atoms with van der Waals surface area (Å²) < 4.78 is 5.38. The molecule has 0 aromatic heterocycles. The van der Waals surface area contributed by atoms with Crippen LogP contribution in [0.5, 0.6) is 5.75 Å². The molecule has 22 heavy (non-hydrogen) atoms. The van der Waals surface area contributed by atoms with E-state index in [4.69, 9.17) is 16.3 Å². The third-order valence-electron chi connectivity index (χ3n) is 2.83. The molecule has 1 N–H and O–H groups in total. The molecular formula is C15H13ClN2O4. The van der Waals surface area contributed by atoms with E-state index in [0.717, 1.165) is 0 Å². The maximum Gasteiger partial charge on any atom is 0.312 e. The van der Waals surface area contributed by atoms with E-state index in [1.807, 2.05) is 6.07 Å². The number of carbonyl (C=O) groups is 1. The van der Waals surface area contributed by atoms with Gasteiger partial charge in [0.2, 0.25) is 0 Å². The highest BCUT2D eigenvalue weighted by Crippen LogP contribution is 2.30. The minimum absolute atomic E-state index is 0.00916. The summed E-state index contributed by atoms with van der Waals surface area (Å²) in [6.45, 7) is 1.51. The number of hydrogen-bond donors (Lipinski definition) is 1. The summed E-state index contributed by atoms with van der Waals surface area (Å²) in [5.74, 6) is -0.416. The van der Waals surface area contributed by atoms with Crippen LogP contribution in [-0.4, -0.2) is 16.9 Å². The van der Waals surface area contributed by atoms with Crippen LogP contribution >= 0.6 is 11.6 Å². The van der Waals surface area contributed by atoms with Crippen molar-refractivity contribution in [3.05, 3.63) is 63.7 Å². The first-order valence-corrected chi connectivity index (χ1v) is 6.81. The summed E-state index contributed by atoms with van der Waals surface area (Å²) in [6, 6.07) is 12.9. The van der Waals surface area contributed by atoms with Gasteiger partial charge in [0.05, 0.1) is 4.92 Å². The molecule has 0 saturated carbocycles. The Balaban J connectivity index is 2.10. The standard InChI is InChI=1S/C15H13ClN2O4/c1-10(15(19)17-12-5-3-2-4-6-12)22-14-8-7-11(16)9-13(14)18(20)21/h2-10H,1H3,(H,17,19)/t10-/m1/s1. The van der Waals surface area contributed by atoms with E-state index in [2.05, 4.69) is 5.32 Å². The van der Waals surface area contributed by atoms with Gasteiger partial charge in [-0.1, -0.05) is 29.8 Å². The zero-order valence-corrected chi connectivity index (χ0v) is 12.4. The number of nitrogens with one attached hydrogen (secondary N) is 1. The minimum atomic E-state index is -0.903. The molecule has 0 aliphatic carbocycles. The zero-order chi connectivity index (χ0) is 16.1. The van der Waals surface area contributed by atoms with Gasteiger partial charge >= 0.3 is 5.69 Å². The molecule has 0 aliphatic rings. The molecule has 0 fully saturated rings. The Kier molecular flexibility index (Phi) is 4.95. The van der Waals surface area contributed by atoms with Crippen LogP contribution in [0.4, 0.5) is 11.4 Å². The number of para-hydroxylation sites is 1. The van der Waals surface area contributed by atoms with E-state index >= 15 is 0 Å². The number of ether oxygens (including phenoxy) is 1. The lowest BCUT2D eigenvalue weighted by molar-refractivity contribution is -0.386. The highest BCUT2D eigenvalue weighted by molar-refractivity contribution is 6.30. The highest BCUT2D eigenvalue weighted by atomic mass is 35.5. The average Bonchev–Trinajstić information content (AvgIpc) is 2.49. The number of anilines is 1. The Hall–Kier alpha value is -2.60. The number of amides is 1. The molecule has 0 bridgehead atoms. The number of nitro benzene ring substituents is 1. The number of hydrogen-bond acceptors (Lipinski definition) is 4. The first kappa shape index (κ1) is 15.8. The van der Waals surface area contributed by atoms with Gasteiger partial charge in [0, 0.05) is 16.8 Å². The summed E-state index contributed by atoms with van der Waals surface area (Å²) in [7, 11) is 0. The van der Waals surface area contributed by atoms with Gasteiger partial charge in [-0.15, -0.1) is 0 Å². The summed E-state index contributed by atoms with van der Waals surface area (Å²) >= 11 is 5.73. The maximum absolute atomic E-state index is 12.0. The molecule has 0 aliphatic heterocycles. The van der Waals surface area contributed by atoms with Crippen molar-refractivity contribution in [2.75, 3.05) is 5.32 Å². The molecule has 2 rings (SSSR count). The molecule has 0 radical (unpaired) electrons. The van der Waals surface area contributed by atoms with Gasteiger partial charge in [-0.2, -0.15) is 0 Å². The van der Waals surface area contributed by atoms with E-state index < -0.39 is 16.9 Å². The van der Waals surface area contributed by atoms with Crippen molar-refractivity contribution in [3.63, 3.8) is 0 Å². The van der Waals surface area contributed by atoms with Crippen LogP contribution < -0.4 is 10.1 Å². The molecular weight excluding hydrogens is 308 g/mol. The number of nitrogens with zero attached hydrogens (tertiary/aromatic N) is 1. The molecule has 0 saturated heterocycles.